The molecular weight excluding hydrogens is 380 g/mol. The van der Waals surface area contributed by atoms with Gasteiger partial charge in [-0.15, -0.1) is 0 Å². The maximum atomic E-state index is 13.2. The summed E-state index contributed by atoms with van der Waals surface area (Å²) in [5, 5.41) is 0. The highest BCUT2D eigenvalue weighted by atomic mass is 16.5. The molecule has 2 nitrogen and oxygen atoms in total. The van der Waals surface area contributed by atoms with E-state index >= 15 is 0 Å². The molecule has 2 heteroatoms. The van der Waals surface area contributed by atoms with Gasteiger partial charge in [0.05, 0.1) is 6.10 Å². The van der Waals surface area contributed by atoms with Crippen molar-refractivity contribution in [2.24, 2.45) is 52.3 Å². The van der Waals surface area contributed by atoms with Crippen LogP contribution in [0.4, 0.5) is 0 Å². The standard InChI is InChI=1S/C29H50O2/c1-7-11-19(3)21-13-14-23-26-24(15-17-29(21,23)6)28(5)16-10-9-12-22(28)25(20(4)30)27(26)31-18-8-2/h19,21-27H,7-18H2,1-6H3/t19-,21-,22?,23+,24+,25?,26+,27?,28+,29-/m1/s1. The van der Waals surface area contributed by atoms with E-state index in [1.54, 1.807) is 0 Å². The molecule has 0 aliphatic heterocycles. The van der Waals surface area contributed by atoms with Crippen molar-refractivity contribution in [3.05, 3.63) is 0 Å². The quantitative estimate of drug-likeness (QED) is 0.414. The second kappa shape index (κ2) is 9.11. The van der Waals surface area contributed by atoms with E-state index < -0.39 is 0 Å². The molecule has 0 radical (unpaired) electrons. The van der Waals surface area contributed by atoms with Crippen LogP contribution in [0.25, 0.3) is 0 Å². The summed E-state index contributed by atoms with van der Waals surface area (Å²) in [5.41, 5.74) is 0.794. The first-order valence-electron chi connectivity index (χ1n) is 13.9. The fourth-order valence-electron chi connectivity index (χ4n) is 9.94. The van der Waals surface area contributed by atoms with E-state index in [2.05, 4.69) is 34.6 Å². The first-order chi connectivity index (χ1) is 14.8. The van der Waals surface area contributed by atoms with Crippen molar-refractivity contribution in [1.29, 1.82) is 0 Å². The normalized spacial score (nSPS) is 47.9. The molecule has 0 amide bonds. The van der Waals surface area contributed by atoms with Crippen LogP contribution in [-0.4, -0.2) is 18.5 Å². The van der Waals surface area contributed by atoms with Gasteiger partial charge in [0, 0.05) is 12.5 Å². The number of carbonyl (C=O) groups excluding carboxylic acids is 1. The van der Waals surface area contributed by atoms with E-state index in [1.807, 2.05) is 6.92 Å². The minimum atomic E-state index is 0.132. The summed E-state index contributed by atoms with van der Waals surface area (Å²) >= 11 is 0. The molecule has 4 aliphatic carbocycles. The van der Waals surface area contributed by atoms with Crippen LogP contribution in [0.1, 0.15) is 112 Å². The van der Waals surface area contributed by atoms with Crippen LogP contribution in [-0.2, 0) is 9.53 Å². The Balaban J connectivity index is 1.74. The van der Waals surface area contributed by atoms with Gasteiger partial charge in [0.2, 0.25) is 0 Å². The lowest BCUT2D eigenvalue weighted by Gasteiger charge is -2.64. The molecule has 178 valence electrons. The van der Waals surface area contributed by atoms with Gasteiger partial charge < -0.3 is 4.74 Å². The SMILES string of the molecule is CCCOC1C(C(C)=O)C2CCCC[C@]2(C)[C@H]2CC[C@]3(C)[C@@H]([C@H](C)CCC)CC[C@H]3[C@H]12. The number of ether oxygens (including phenoxy) is 1. The summed E-state index contributed by atoms with van der Waals surface area (Å²) in [6.45, 7) is 15.0. The summed E-state index contributed by atoms with van der Waals surface area (Å²) in [5.74, 6) is 4.88. The molecular formula is C29H50O2. The second-order valence-corrected chi connectivity index (χ2v) is 12.6. The number of fused-ring (bicyclic) bond motifs is 5. The number of hydrogen-bond acceptors (Lipinski definition) is 2. The smallest absolute Gasteiger partial charge is 0.135 e. The molecule has 31 heavy (non-hydrogen) atoms. The van der Waals surface area contributed by atoms with Crippen molar-refractivity contribution in [3.8, 4) is 0 Å². The lowest BCUT2D eigenvalue weighted by Crippen LogP contribution is -2.63. The van der Waals surface area contributed by atoms with Crippen molar-refractivity contribution < 1.29 is 9.53 Å². The largest absolute Gasteiger partial charge is 0.377 e. The maximum Gasteiger partial charge on any atom is 0.135 e. The average molecular weight is 431 g/mol. The number of ketones is 1. The molecule has 4 aliphatic rings. The molecule has 0 aromatic heterocycles. The topological polar surface area (TPSA) is 26.3 Å². The zero-order valence-corrected chi connectivity index (χ0v) is 21.4. The highest BCUT2D eigenvalue weighted by molar-refractivity contribution is 5.79. The van der Waals surface area contributed by atoms with E-state index in [0.29, 0.717) is 28.4 Å². The fraction of sp³-hybridized carbons (Fsp3) is 0.966. The predicted molar refractivity (Wildman–Crippen MR) is 129 cm³/mol. The molecule has 0 aromatic rings. The third-order valence-electron chi connectivity index (χ3n) is 11.2. The summed E-state index contributed by atoms with van der Waals surface area (Å²) < 4.78 is 6.75. The van der Waals surface area contributed by atoms with E-state index in [1.165, 1.54) is 64.2 Å². The van der Waals surface area contributed by atoms with Crippen LogP contribution in [0.15, 0.2) is 0 Å². The van der Waals surface area contributed by atoms with Crippen LogP contribution in [0.5, 0.6) is 0 Å². The Morgan fingerprint density at radius 1 is 0.935 bits per heavy atom. The Hall–Kier alpha value is -0.370. The maximum absolute atomic E-state index is 13.2. The van der Waals surface area contributed by atoms with Gasteiger partial charge in [-0.05, 0) is 98.2 Å². The van der Waals surface area contributed by atoms with Crippen LogP contribution in [0.2, 0.25) is 0 Å². The van der Waals surface area contributed by atoms with Crippen LogP contribution in [0.3, 0.4) is 0 Å². The molecule has 0 spiro atoms. The van der Waals surface area contributed by atoms with Gasteiger partial charge in [-0.2, -0.15) is 0 Å². The molecule has 0 heterocycles. The molecule has 0 bridgehead atoms. The zero-order chi connectivity index (χ0) is 22.4. The number of hydrogen-bond donors (Lipinski definition) is 0. The molecule has 4 saturated carbocycles. The molecule has 10 atom stereocenters. The number of carbonyl (C=O) groups is 1. The molecule has 3 unspecified atom stereocenters. The van der Waals surface area contributed by atoms with E-state index in [9.17, 15) is 4.79 Å². The third-order valence-corrected chi connectivity index (χ3v) is 11.2. The van der Waals surface area contributed by atoms with E-state index in [0.717, 1.165) is 36.7 Å². The van der Waals surface area contributed by atoms with Crippen molar-refractivity contribution in [2.75, 3.05) is 6.61 Å². The van der Waals surface area contributed by atoms with E-state index in [4.69, 9.17) is 4.74 Å². The van der Waals surface area contributed by atoms with Gasteiger partial charge in [0.1, 0.15) is 5.78 Å². The van der Waals surface area contributed by atoms with Gasteiger partial charge >= 0.3 is 0 Å². The lowest BCUT2D eigenvalue weighted by molar-refractivity contribution is -0.208. The summed E-state index contributed by atoms with van der Waals surface area (Å²) in [6.07, 6.45) is 14.7. The van der Waals surface area contributed by atoms with Crippen molar-refractivity contribution >= 4 is 5.78 Å². The molecule has 0 N–H and O–H groups in total. The highest BCUT2D eigenvalue weighted by Gasteiger charge is 2.65. The Bertz CT molecular complexity index is 643. The first kappa shape index (κ1) is 23.8. The van der Waals surface area contributed by atoms with Gasteiger partial charge in [-0.1, -0.05) is 60.3 Å². The molecule has 0 aromatic carbocycles. The van der Waals surface area contributed by atoms with Crippen LogP contribution < -0.4 is 0 Å². The third kappa shape index (κ3) is 3.75. The Morgan fingerprint density at radius 2 is 1.68 bits per heavy atom. The van der Waals surface area contributed by atoms with Crippen LogP contribution >= 0.6 is 0 Å². The lowest BCUT2D eigenvalue weighted by atomic mass is 9.41. The Labute approximate surface area is 192 Å². The minimum Gasteiger partial charge on any atom is -0.377 e. The van der Waals surface area contributed by atoms with Crippen molar-refractivity contribution in [3.63, 3.8) is 0 Å². The average Bonchev–Trinajstić information content (AvgIpc) is 3.08. The van der Waals surface area contributed by atoms with E-state index in [-0.39, 0.29) is 12.0 Å². The Kier molecular flexibility index (Phi) is 6.99. The Morgan fingerprint density at radius 3 is 2.35 bits per heavy atom. The molecule has 0 saturated heterocycles. The molecule has 4 rings (SSSR count). The van der Waals surface area contributed by atoms with Gasteiger partial charge in [0.25, 0.3) is 0 Å². The second-order valence-electron chi connectivity index (χ2n) is 12.6. The minimum absolute atomic E-state index is 0.132. The highest BCUT2D eigenvalue weighted by Crippen LogP contribution is 2.69. The summed E-state index contributed by atoms with van der Waals surface area (Å²) in [7, 11) is 0. The monoisotopic (exact) mass is 430 g/mol. The van der Waals surface area contributed by atoms with Gasteiger partial charge in [-0.25, -0.2) is 0 Å². The summed E-state index contributed by atoms with van der Waals surface area (Å²) in [4.78, 5) is 13.2. The molecule has 4 fully saturated rings. The van der Waals surface area contributed by atoms with Gasteiger partial charge in [-0.3, -0.25) is 4.79 Å². The number of rotatable bonds is 7. The first-order valence-corrected chi connectivity index (χ1v) is 13.9. The summed E-state index contributed by atoms with van der Waals surface area (Å²) in [6, 6.07) is 0. The van der Waals surface area contributed by atoms with Crippen molar-refractivity contribution in [2.45, 2.75) is 118 Å². The van der Waals surface area contributed by atoms with Gasteiger partial charge in [0.15, 0.2) is 0 Å². The fourth-order valence-corrected chi connectivity index (χ4v) is 9.94. The van der Waals surface area contributed by atoms with Crippen molar-refractivity contribution in [1.82, 2.24) is 0 Å². The zero-order valence-electron chi connectivity index (χ0n) is 21.4. The van der Waals surface area contributed by atoms with Crippen LogP contribution in [0, 0.1) is 52.3 Å². The predicted octanol–water partition coefficient (Wildman–Crippen LogP) is 7.69. The number of Topliss-reactive ketones (excluding diaryl/α,β-unsaturated/α-hetero) is 1.